The van der Waals surface area contributed by atoms with Gasteiger partial charge in [0, 0.05) is 11.8 Å². The summed E-state index contributed by atoms with van der Waals surface area (Å²) in [6.45, 7) is 2.13. The van der Waals surface area contributed by atoms with Crippen LogP contribution in [0.25, 0.3) is 4.96 Å². The van der Waals surface area contributed by atoms with Gasteiger partial charge >= 0.3 is 0 Å². The van der Waals surface area contributed by atoms with Gasteiger partial charge in [0.2, 0.25) is 4.96 Å². The molecule has 0 aliphatic carbocycles. The fourth-order valence-corrected chi connectivity index (χ4v) is 3.79. The van der Waals surface area contributed by atoms with Crippen molar-refractivity contribution in [2.45, 2.75) is 20.0 Å². The quantitative estimate of drug-likeness (QED) is 0.476. The van der Waals surface area contributed by atoms with Gasteiger partial charge in [-0.1, -0.05) is 30.4 Å². The molecule has 8 nitrogen and oxygen atoms in total. The van der Waals surface area contributed by atoms with E-state index < -0.39 is 0 Å². The van der Waals surface area contributed by atoms with Crippen LogP contribution in [0.4, 0.5) is 5.69 Å². The number of para-hydroxylation sites is 1. The minimum Gasteiger partial charge on any atom is -0.496 e. The van der Waals surface area contributed by atoms with Gasteiger partial charge in [0.25, 0.3) is 11.5 Å². The topological polar surface area (TPSA) is 94.8 Å². The molecule has 1 amide bonds. The van der Waals surface area contributed by atoms with Crippen LogP contribution >= 0.6 is 11.3 Å². The first-order chi connectivity index (χ1) is 15.1. The van der Waals surface area contributed by atoms with Crippen molar-refractivity contribution >= 4 is 27.9 Å². The molecule has 0 atom stereocenters. The SMILES string of the molecule is CCc1nn2c(=O)cc(COc3ccc(NC(=O)c4ccccc4OC)cc3)nc2s1. The van der Waals surface area contributed by atoms with Crippen molar-refractivity contribution in [2.75, 3.05) is 12.4 Å². The fourth-order valence-electron chi connectivity index (χ4n) is 2.94. The number of carbonyl (C=O) groups is 1. The molecular weight excluding hydrogens is 416 g/mol. The maximum Gasteiger partial charge on any atom is 0.275 e. The first kappa shape index (κ1) is 20.5. The van der Waals surface area contributed by atoms with Crippen LogP contribution in [0.5, 0.6) is 11.5 Å². The molecule has 0 aliphatic rings. The zero-order chi connectivity index (χ0) is 21.8. The Morgan fingerprint density at radius 3 is 2.68 bits per heavy atom. The molecule has 0 bridgehead atoms. The third kappa shape index (κ3) is 4.56. The molecule has 9 heteroatoms. The number of rotatable bonds is 7. The van der Waals surface area contributed by atoms with Crippen molar-refractivity contribution in [3.8, 4) is 11.5 Å². The summed E-state index contributed by atoms with van der Waals surface area (Å²) in [7, 11) is 1.52. The summed E-state index contributed by atoms with van der Waals surface area (Å²) in [4.78, 5) is 29.7. The number of nitrogens with zero attached hydrogens (tertiary/aromatic N) is 3. The number of ether oxygens (including phenoxy) is 2. The molecule has 31 heavy (non-hydrogen) atoms. The van der Waals surface area contributed by atoms with Crippen molar-refractivity contribution < 1.29 is 14.3 Å². The third-order valence-electron chi connectivity index (χ3n) is 4.49. The largest absolute Gasteiger partial charge is 0.496 e. The summed E-state index contributed by atoms with van der Waals surface area (Å²) in [6, 6.07) is 15.4. The molecule has 0 saturated heterocycles. The zero-order valence-corrected chi connectivity index (χ0v) is 17.8. The van der Waals surface area contributed by atoms with E-state index in [2.05, 4.69) is 15.4 Å². The minimum absolute atomic E-state index is 0.151. The molecule has 2 aromatic heterocycles. The molecule has 0 radical (unpaired) electrons. The Kier molecular flexibility index (Phi) is 5.94. The zero-order valence-electron chi connectivity index (χ0n) is 17.0. The van der Waals surface area contributed by atoms with Crippen molar-refractivity contribution in [3.63, 3.8) is 0 Å². The van der Waals surface area contributed by atoms with Crippen LogP contribution in [0.1, 0.15) is 28.0 Å². The van der Waals surface area contributed by atoms with Gasteiger partial charge in [-0.25, -0.2) is 4.98 Å². The number of methoxy groups -OCH3 is 1. The minimum atomic E-state index is -0.264. The Morgan fingerprint density at radius 2 is 1.94 bits per heavy atom. The van der Waals surface area contributed by atoms with Gasteiger partial charge in [0.1, 0.15) is 23.1 Å². The van der Waals surface area contributed by atoms with Crippen LogP contribution in [-0.2, 0) is 13.0 Å². The van der Waals surface area contributed by atoms with Crippen LogP contribution in [-0.4, -0.2) is 27.6 Å². The molecule has 0 spiro atoms. The third-order valence-corrected chi connectivity index (χ3v) is 5.55. The number of fused-ring (bicyclic) bond motifs is 1. The van der Waals surface area contributed by atoms with Crippen molar-refractivity contribution in [3.05, 3.63) is 81.2 Å². The van der Waals surface area contributed by atoms with E-state index >= 15 is 0 Å². The van der Waals surface area contributed by atoms with E-state index in [1.165, 1.54) is 29.0 Å². The lowest BCUT2D eigenvalue weighted by Gasteiger charge is -2.10. The molecule has 0 aliphatic heterocycles. The normalized spacial score (nSPS) is 10.8. The fraction of sp³-hybridized carbons (Fsp3) is 0.182. The maximum atomic E-state index is 12.5. The predicted molar refractivity (Wildman–Crippen MR) is 118 cm³/mol. The summed E-state index contributed by atoms with van der Waals surface area (Å²) in [6.07, 6.45) is 0.749. The van der Waals surface area contributed by atoms with Crippen molar-refractivity contribution in [2.24, 2.45) is 0 Å². The van der Waals surface area contributed by atoms with Crippen molar-refractivity contribution in [1.29, 1.82) is 0 Å². The number of hydrogen-bond acceptors (Lipinski definition) is 7. The second-order valence-electron chi connectivity index (χ2n) is 6.60. The lowest BCUT2D eigenvalue weighted by molar-refractivity contribution is 0.102. The van der Waals surface area contributed by atoms with Crippen LogP contribution in [0.15, 0.2) is 59.4 Å². The van der Waals surface area contributed by atoms with E-state index in [9.17, 15) is 9.59 Å². The second-order valence-corrected chi connectivity index (χ2v) is 7.64. The lowest BCUT2D eigenvalue weighted by atomic mass is 10.2. The number of aryl methyl sites for hydroxylation is 1. The standard InChI is InChI=1S/C22H20N4O4S/c1-3-19-25-26-20(27)12-15(24-22(26)31-19)13-30-16-10-8-14(9-11-16)23-21(28)17-6-4-5-7-18(17)29-2/h4-12H,3,13H2,1-2H3,(H,23,28). The number of hydrogen-bond donors (Lipinski definition) is 1. The van der Waals surface area contributed by atoms with Gasteiger partial charge in [-0.2, -0.15) is 9.61 Å². The number of amides is 1. The molecule has 2 aromatic carbocycles. The molecule has 1 N–H and O–H groups in total. The highest BCUT2D eigenvalue weighted by molar-refractivity contribution is 7.16. The molecular formula is C22H20N4O4S. The Balaban J connectivity index is 1.41. The average molecular weight is 436 g/mol. The van der Waals surface area contributed by atoms with Crippen LogP contribution in [0.3, 0.4) is 0 Å². The van der Waals surface area contributed by atoms with Crippen LogP contribution in [0.2, 0.25) is 0 Å². The van der Waals surface area contributed by atoms with Gasteiger partial charge in [0.15, 0.2) is 0 Å². The Morgan fingerprint density at radius 1 is 1.16 bits per heavy atom. The summed E-state index contributed by atoms with van der Waals surface area (Å²) in [5.74, 6) is 0.836. The van der Waals surface area contributed by atoms with Gasteiger partial charge < -0.3 is 14.8 Å². The van der Waals surface area contributed by atoms with Crippen LogP contribution in [0, 0.1) is 0 Å². The number of aromatic nitrogens is 3. The first-order valence-corrected chi connectivity index (χ1v) is 10.4. The summed E-state index contributed by atoms with van der Waals surface area (Å²) >= 11 is 1.39. The monoisotopic (exact) mass is 436 g/mol. The predicted octanol–water partition coefficient (Wildman–Crippen LogP) is 3.55. The summed E-state index contributed by atoms with van der Waals surface area (Å²) in [5, 5.41) is 7.92. The van der Waals surface area contributed by atoms with E-state index in [-0.39, 0.29) is 18.1 Å². The Hall–Kier alpha value is -3.72. The molecule has 4 aromatic rings. The van der Waals surface area contributed by atoms with Gasteiger partial charge in [-0.3, -0.25) is 9.59 Å². The molecule has 0 fully saturated rings. The van der Waals surface area contributed by atoms with Crippen molar-refractivity contribution in [1.82, 2.24) is 14.6 Å². The smallest absolute Gasteiger partial charge is 0.275 e. The van der Waals surface area contributed by atoms with E-state index in [1.54, 1.807) is 48.5 Å². The molecule has 158 valence electrons. The number of nitrogens with one attached hydrogen (secondary N) is 1. The van der Waals surface area contributed by atoms with E-state index in [4.69, 9.17) is 9.47 Å². The van der Waals surface area contributed by atoms with E-state index in [0.29, 0.717) is 33.4 Å². The average Bonchev–Trinajstić information content (AvgIpc) is 3.22. The highest BCUT2D eigenvalue weighted by Gasteiger charge is 2.12. The van der Waals surface area contributed by atoms with E-state index in [1.807, 2.05) is 6.92 Å². The van der Waals surface area contributed by atoms with Gasteiger partial charge in [-0.15, -0.1) is 0 Å². The Bertz CT molecular complexity index is 1280. The molecule has 4 rings (SSSR count). The molecule has 0 unspecified atom stereocenters. The number of benzene rings is 2. The first-order valence-electron chi connectivity index (χ1n) is 9.63. The molecule has 2 heterocycles. The van der Waals surface area contributed by atoms with Gasteiger partial charge in [-0.05, 0) is 42.8 Å². The number of carbonyl (C=O) groups excluding carboxylic acids is 1. The maximum absolute atomic E-state index is 12.5. The number of anilines is 1. The highest BCUT2D eigenvalue weighted by atomic mass is 32.1. The molecule has 0 saturated carbocycles. The lowest BCUT2D eigenvalue weighted by Crippen LogP contribution is -2.16. The highest BCUT2D eigenvalue weighted by Crippen LogP contribution is 2.21. The van der Waals surface area contributed by atoms with Gasteiger partial charge in [0.05, 0.1) is 18.4 Å². The van der Waals surface area contributed by atoms with Crippen LogP contribution < -0.4 is 20.3 Å². The summed E-state index contributed by atoms with van der Waals surface area (Å²) < 4.78 is 12.3. The second kappa shape index (κ2) is 8.97. The van der Waals surface area contributed by atoms with E-state index in [0.717, 1.165) is 11.4 Å². The summed E-state index contributed by atoms with van der Waals surface area (Å²) in [5.41, 5.74) is 1.38. The Labute approximate surface area is 182 Å².